The first-order valence-corrected chi connectivity index (χ1v) is 9.06. The summed E-state index contributed by atoms with van der Waals surface area (Å²) in [5, 5.41) is 2.68. The van der Waals surface area contributed by atoms with Gasteiger partial charge in [0.25, 0.3) is 5.91 Å². The number of hydrogen-bond acceptors (Lipinski definition) is 4. The second kappa shape index (κ2) is 6.59. The summed E-state index contributed by atoms with van der Waals surface area (Å²) in [5.41, 5.74) is 2.04. The number of rotatable bonds is 3. The maximum atomic E-state index is 14.4. The fourth-order valence-corrected chi connectivity index (χ4v) is 3.85. The summed E-state index contributed by atoms with van der Waals surface area (Å²) < 4.78 is 20.1. The van der Waals surface area contributed by atoms with Crippen LogP contribution in [0.4, 0.5) is 15.8 Å². The smallest absolute Gasteiger partial charge is 0.291 e. The molecule has 4 rings (SSSR count). The minimum Gasteiger partial charge on any atom is -0.455 e. The van der Waals surface area contributed by atoms with E-state index >= 15 is 0 Å². The molecule has 0 bridgehead atoms. The fraction of sp³-hybridized carbons (Fsp3) is 0.400. The summed E-state index contributed by atoms with van der Waals surface area (Å²) in [6.07, 6.45) is 4.02. The second-order valence-corrected chi connectivity index (χ2v) is 6.95. The van der Waals surface area contributed by atoms with Gasteiger partial charge in [-0.25, -0.2) is 4.39 Å². The molecule has 26 heavy (non-hydrogen) atoms. The molecule has 136 valence electrons. The summed E-state index contributed by atoms with van der Waals surface area (Å²) in [6, 6.07) is 4.71. The predicted molar refractivity (Wildman–Crippen MR) is 96.5 cm³/mol. The van der Waals surface area contributed by atoms with Crippen molar-refractivity contribution in [1.82, 2.24) is 0 Å². The first-order valence-electron chi connectivity index (χ1n) is 9.06. The Kier molecular flexibility index (Phi) is 4.26. The van der Waals surface area contributed by atoms with E-state index in [1.807, 2.05) is 4.90 Å². The molecule has 0 radical (unpaired) electrons. The third-order valence-corrected chi connectivity index (χ3v) is 5.16. The van der Waals surface area contributed by atoms with Crippen LogP contribution in [0.5, 0.6) is 0 Å². The zero-order valence-corrected chi connectivity index (χ0v) is 14.7. The van der Waals surface area contributed by atoms with E-state index in [2.05, 4.69) is 5.32 Å². The van der Waals surface area contributed by atoms with Gasteiger partial charge in [-0.05, 0) is 44.4 Å². The first kappa shape index (κ1) is 16.8. The molecule has 0 saturated carbocycles. The molecule has 1 aliphatic heterocycles. The van der Waals surface area contributed by atoms with E-state index in [1.165, 1.54) is 6.07 Å². The van der Waals surface area contributed by atoms with E-state index in [4.69, 9.17) is 4.42 Å². The number of benzene rings is 1. The summed E-state index contributed by atoms with van der Waals surface area (Å²) >= 11 is 0. The van der Waals surface area contributed by atoms with Crippen LogP contribution in [0.1, 0.15) is 57.9 Å². The van der Waals surface area contributed by atoms with Crippen molar-refractivity contribution < 1.29 is 18.4 Å². The maximum Gasteiger partial charge on any atom is 0.291 e. The van der Waals surface area contributed by atoms with Gasteiger partial charge < -0.3 is 14.6 Å². The molecule has 0 spiro atoms. The van der Waals surface area contributed by atoms with Gasteiger partial charge in [0.1, 0.15) is 11.6 Å². The van der Waals surface area contributed by atoms with Crippen LogP contribution in [-0.2, 0) is 6.42 Å². The van der Waals surface area contributed by atoms with Gasteiger partial charge in [0.05, 0.1) is 11.3 Å². The van der Waals surface area contributed by atoms with Gasteiger partial charge in [-0.2, -0.15) is 0 Å². The molecule has 2 heterocycles. The van der Waals surface area contributed by atoms with Crippen LogP contribution in [0.2, 0.25) is 0 Å². The number of aryl methyl sites for hydroxylation is 1. The average Bonchev–Trinajstić information content (AvgIpc) is 3.24. The standard InChI is InChI=1S/C20H21FN2O3/c1-12-18-16(24)5-4-6-17(18)26-19(12)20(25)22-13-7-8-15(14(21)11-13)23-9-2-3-10-23/h7-8,11H,2-6,9-10H2,1H3,(H,22,25). The van der Waals surface area contributed by atoms with E-state index in [1.54, 1.807) is 19.1 Å². The highest BCUT2D eigenvalue weighted by molar-refractivity contribution is 6.07. The molecule has 1 aliphatic carbocycles. The van der Waals surface area contributed by atoms with Gasteiger partial charge in [-0.3, -0.25) is 9.59 Å². The topological polar surface area (TPSA) is 62.6 Å². The van der Waals surface area contributed by atoms with Gasteiger partial charge >= 0.3 is 0 Å². The van der Waals surface area contributed by atoms with E-state index in [0.717, 1.165) is 32.4 Å². The lowest BCUT2D eigenvalue weighted by atomic mass is 9.94. The zero-order chi connectivity index (χ0) is 18.3. The van der Waals surface area contributed by atoms with Gasteiger partial charge in [0.15, 0.2) is 11.5 Å². The number of anilines is 2. The number of Topliss-reactive ketones (excluding diaryl/α,β-unsaturated/α-hetero) is 1. The van der Waals surface area contributed by atoms with Gasteiger partial charge in [0, 0.05) is 37.2 Å². The molecule has 1 aromatic carbocycles. The molecule has 1 N–H and O–H groups in total. The SMILES string of the molecule is Cc1c(C(=O)Nc2ccc(N3CCCC3)c(F)c2)oc2c1C(=O)CCC2. The van der Waals surface area contributed by atoms with Crippen LogP contribution < -0.4 is 10.2 Å². The monoisotopic (exact) mass is 356 g/mol. The van der Waals surface area contributed by atoms with Crippen LogP contribution in [0.25, 0.3) is 0 Å². The third-order valence-electron chi connectivity index (χ3n) is 5.16. The van der Waals surface area contributed by atoms with Crippen molar-refractivity contribution in [2.75, 3.05) is 23.3 Å². The van der Waals surface area contributed by atoms with Crippen LogP contribution in [0, 0.1) is 12.7 Å². The van der Waals surface area contributed by atoms with Crippen molar-refractivity contribution in [3.05, 3.63) is 46.7 Å². The number of fused-ring (bicyclic) bond motifs is 1. The van der Waals surface area contributed by atoms with Gasteiger partial charge in [-0.15, -0.1) is 0 Å². The number of nitrogens with one attached hydrogen (secondary N) is 1. The minimum atomic E-state index is -0.460. The maximum absolute atomic E-state index is 14.4. The summed E-state index contributed by atoms with van der Waals surface area (Å²) in [4.78, 5) is 26.6. The number of amides is 1. The number of ketones is 1. The number of furan rings is 1. The number of hydrogen-bond donors (Lipinski definition) is 1. The fourth-order valence-electron chi connectivity index (χ4n) is 3.85. The summed E-state index contributed by atoms with van der Waals surface area (Å²) in [6.45, 7) is 3.43. The van der Waals surface area contributed by atoms with Crippen LogP contribution >= 0.6 is 0 Å². The highest BCUT2D eigenvalue weighted by Gasteiger charge is 2.29. The summed E-state index contributed by atoms with van der Waals surface area (Å²) in [7, 11) is 0. The molecular weight excluding hydrogens is 335 g/mol. The largest absolute Gasteiger partial charge is 0.455 e. The zero-order valence-electron chi connectivity index (χ0n) is 14.7. The van der Waals surface area contributed by atoms with Crippen molar-refractivity contribution in [2.45, 2.75) is 39.0 Å². The molecule has 5 nitrogen and oxygen atoms in total. The predicted octanol–water partition coefficient (Wildman–Crippen LogP) is 4.10. The lowest BCUT2D eigenvalue weighted by Gasteiger charge is -2.18. The Morgan fingerprint density at radius 1 is 1.19 bits per heavy atom. The Morgan fingerprint density at radius 2 is 1.96 bits per heavy atom. The normalized spacial score (nSPS) is 16.7. The van der Waals surface area contributed by atoms with Crippen LogP contribution in [-0.4, -0.2) is 24.8 Å². The number of halogens is 1. The summed E-state index contributed by atoms with van der Waals surface area (Å²) in [5.74, 6) is -0.0744. The molecule has 6 heteroatoms. The lowest BCUT2D eigenvalue weighted by Crippen LogP contribution is -2.19. The lowest BCUT2D eigenvalue weighted by molar-refractivity contribution is 0.0963. The number of carbonyl (C=O) groups is 2. The van der Waals surface area contributed by atoms with Crippen molar-refractivity contribution in [3.63, 3.8) is 0 Å². The Bertz CT molecular complexity index is 881. The quantitative estimate of drug-likeness (QED) is 0.899. The van der Waals surface area contributed by atoms with E-state index in [-0.39, 0.29) is 17.4 Å². The molecule has 1 amide bonds. The Labute approximate surface area is 151 Å². The molecule has 1 fully saturated rings. The first-order chi connectivity index (χ1) is 12.5. The molecule has 1 saturated heterocycles. The van der Waals surface area contributed by atoms with E-state index in [9.17, 15) is 14.0 Å². The highest BCUT2D eigenvalue weighted by Crippen LogP contribution is 2.30. The Morgan fingerprint density at radius 3 is 2.65 bits per heavy atom. The van der Waals surface area contributed by atoms with E-state index < -0.39 is 5.91 Å². The molecule has 2 aliphatic rings. The third kappa shape index (κ3) is 2.89. The van der Waals surface area contributed by atoms with Crippen LogP contribution in [0.15, 0.2) is 22.6 Å². The van der Waals surface area contributed by atoms with Crippen LogP contribution in [0.3, 0.4) is 0 Å². The Balaban J connectivity index is 1.55. The van der Waals surface area contributed by atoms with Gasteiger partial charge in [0.2, 0.25) is 0 Å². The molecule has 0 atom stereocenters. The number of nitrogens with zero attached hydrogens (tertiary/aromatic N) is 1. The van der Waals surface area contributed by atoms with Crippen molar-refractivity contribution >= 4 is 23.1 Å². The van der Waals surface area contributed by atoms with Crippen molar-refractivity contribution in [3.8, 4) is 0 Å². The number of carbonyl (C=O) groups excluding carboxylic acids is 2. The molecular formula is C20H21FN2O3. The van der Waals surface area contributed by atoms with Crippen molar-refractivity contribution in [2.24, 2.45) is 0 Å². The average molecular weight is 356 g/mol. The molecule has 2 aromatic rings. The molecule has 1 aromatic heterocycles. The Hall–Kier alpha value is -2.63. The second-order valence-electron chi connectivity index (χ2n) is 6.95. The minimum absolute atomic E-state index is 0.0209. The van der Waals surface area contributed by atoms with Crippen molar-refractivity contribution in [1.29, 1.82) is 0 Å². The molecule has 0 unspecified atom stereocenters. The van der Waals surface area contributed by atoms with Gasteiger partial charge in [-0.1, -0.05) is 0 Å². The van der Waals surface area contributed by atoms with E-state index in [0.29, 0.717) is 41.1 Å². The highest BCUT2D eigenvalue weighted by atomic mass is 19.1.